The summed E-state index contributed by atoms with van der Waals surface area (Å²) in [5.74, 6) is -1.57. The molecule has 0 radical (unpaired) electrons. The molecule has 7 heteroatoms. The van der Waals surface area contributed by atoms with Crippen molar-refractivity contribution in [1.29, 1.82) is 0 Å². The van der Waals surface area contributed by atoms with Gasteiger partial charge < -0.3 is 15.2 Å². The fourth-order valence-corrected chi connectivity index (χ4v) is 3.19. The lowest BCUT2D eigenvalue weighted by atomic mass is 9.98. The molecule has 2 rings (SSSR count). The molecular formula is C19H21NO5S. The number of amides is 1. The zero-order valence-corrected chi connectivity index (χ0v) is 15.3. The van der Waals surface area contributed by atoms with E-state index in [9.17, 15) is 19.5 Å². The Morgan fingerprint density at radius 1 is 1.15 bits per heavy atom. The highest BCUT2D eigenvalue weighted by atomic mass is 32.1. The summed E-state index contributed by atoms with van der Waals surface area (Å²) in [4.78, 5) is 35.9. The average molecular weight is 375 g/mol. The lowest BCUT2D eigenvalue weighted by molar-refractivity contribution is -0.141. The number of ether oxygens (including phenoxy) is 1. The Bertz CT molecular complexity index is 757. The Balaban J connectivity index is 1.85. The fourth-order valence-electron chi connectivity index (χ4n) is 2.50. The molecule has 0 aliphatic rings. The van der Waals surface area contributed by atoms with E-state index in [2.05, 4.69) is 5.32 Å². The van der Waals surface area contributed by atoms with Crippen molar-refractivity contribution in [3.63, 3.8) is 0 Å². The summed E-state index contributed by atoms with van der Waals surface area (Å²) >= 11 is 1.34. The summed E-state index contributed by atoms with van der Waals surface area (Å²) in [6.07, 6.45) is 0.391. The van der Waals surface area contributed by atoms with Gasteiger partial charge in [-0.2, -0.15) is 0 Å². The third kappa shape index (κ3) is 5.70. The van der Waals surface area contributed by atoms with Crippen LogP contribution in [0.5, 0.6) is 5.75 Å². The van der Waals surface area contributed by atoms with Gasteiger partial charge in [-0.25, -0.2) is 0 Å². The monoisotopic (exact) mass is 375 g/mol. The number of para-hydroxylation sites is 1. The van der Waals surface area contributed by atoms with Crippen molar-refractivity contribution < 1.29 is 24.2 Å². The number of ketones is 1. The summed E-state index contributed by atoms with van der Waals surface area (Å²) in [6.45, 7) is -0.000588. The first-order valence-electron chi connectivity index (χ1n) is 8.19. The van der Waals surface area contributed by atoms with E-state index in [1.165, 1.54) is 18.4 Å². The van der Waals surface area contributed by atoms with Gasteiger partial charge in [-0.1, -0.05) is 24.3 Å². The van der Waals surface area contributed by atoms with E-state index in [0.717, 1.165) is 5.56 Å². The van der Waals surface area contributed by atoms with Crippen LogP contribution in [0.3, 0.4) is 0 Å². The smallest absolute Gasteiger partial charge is 0.308 e. The van der Waals surface area contributed by atoms with Crippen LogP contribution in [0.2, 0.25) is 0 Å². The van der Waals surface area contributed by atoms with Gasteiger partial charge in [0.15, 0.2) is 5.78 Å². The van der Waals surface area contributed by atoms with Gasteiger partial charge in [-0.15, -0.1) is 11.3 Å². The van der Waals surface area contributed by atoms with E-state index in [1.54, 1.807) is 24.3 Å². The molecule has 138 valence electrons. The lowest BCUT2D eigenvalue weighted by Crippen LogP contribution is -2.34. The number of hydrogen-bond donors (Lipinski definition) is 2. The van der Waals surface area contributed by atoms with Crippen molar-refractivity contribution in [2.45, 2.75) is 19.3 Å². The number of aliphatic carboxylic acids is 1. The molecule has 1 atom stereocenters. The molecule has 0 spiro atoms. The first kappa shape index (κ1) is 19.7. The number of rotatable bonds is 10. The number of carboxylic acids is 1. The molecule has 2 aromatic rings. The molecule has 1 amide bonds. The van der Waals surface area contributed by atoms with Crippen LogP contribution >= 0.6 is 11.3 Å². The maximum absolute atomic E-state index is 11.9. The van der Waals surface area contributed by atoms with E-state index in [-0.39, 0.29) is 37.5 Å². The van der Waals surface area contributed by atoms with Crippen LogP contribution in [0.1, 0.15) is 28.1 Å². The average Bonchev–Trinajstić information content (AvgIpc) is 3.18. The van der Waals surface area contributed by atoms with E-state index < -0.39 is 11.9 Å². The Hall–Kier alpha value is -2.67. The van der Waals surface area contributed by atoms with Crippen LogP contribution in [0.15, 0.2) is 41.8 Å². The Kier molecular flexibility index (Phi) is 7.35. The minimum Gasteiger partial charge on any atom is -0.496 e. The molecular weight excluding hydrogens is 354 g/mol. The number of carbonyl (C=O) groups is 3. The topological polar surface area (TPSA) is 92.7 Å². The lowest BCUT2D eigenvalue weighted by Gasteiger charge is -2.15. The minimum atomic E-state index is -0.995. The van der Waals surface area contributed by atoms with Crippen LogP contribution in [0.25, 0.3) is 0 Å². The molecule has 0 bridgehead atoms. The van der Waals surface area contributed by atoms with Crippen LogP contribution in [-0.4, -0.2) is 36.4 Å². The van der Waals surface area contributed by atoms with Gasteiger partial charge in [0.1, 0.15) is 5.75 Å². The number of carbonyl (C=O) groups excluding carboxylic acids is 2. The van der Waals surface area contributed by atoms with E-state index >= 15 is 0 Å². The Morgan fingerprint density at radius 3 is 2.58 bits per heavy atom. The third-order valence-electron chi connectivity index (χ3n) is 3.93. The van der Waals surface area contributed by atoms with Gasteiger partial charge in [0.25, 0.3) is 0 Å². The summed E-state index contributed by atoms with van der Waals surface area (Å²) in [6, 6.07) is 10.7. The highest BCUT2D eigenvalue weighted by Gasteiger charge is 2.21. The zero-order chi connectivity index (χ0) is 18.9. The quantitative estimate of drug-likeness (QED) is 0.623. The van der Waals surface area contributed by atoms with Gasteiger partial charge in [0.2, 0.25) is 5.91 Å². The molecule has 1 unspecified atom stereocenters. The fraction of sp³-hybridized carbons (Fsp3) is 0.316. The molecule has 2 N–H and O–H groups in total. The first-order valence-corrected chi connectivity index (χ1v) is 9.07. The number of Topliss-reactive ketones (excluding diaryl/α,β-unsaturated/α-hetero) is 1. The van der Waals surface area contributed by atoms with Crippen LogP contribution < -0.4 is 10.1 Å². The Morgan fingerprint density at radius 2 is 1.92 bits per heavy atom. The van der Waals surface area contributed by atoms with Crippen molar-refractivity contribution >= 4 is 29.0 Å². The highest BCUT2D eigenvalue weighted by molar-refractivity contribution is 7.12. The molecule has 26 heavy (non-hydrogen) atoms. The standard InChI is InChI=1S/C19H21NO5S/c1-25-16-6-3-2-5-13(16)11-14(19(23)24)12-20-18(22)9-8-15(21)17-7-4-10-26-17/h2-7,10,14H,8-9,11-12H2,1H3,(H,20,22)(H,23,24). The largest absolute Gasteiger partial charge is 0.496 e. The summed E-state index contributed by atoms with van der Waals surface area (Å²) in [7, 11) is 1.53. The molecule has 0 aliphatic carbocycles. The maximum Gasteiger partial charge on any atom is 0.308 e. The molecule has 0 saturated heterocycles. The molecule has 1 aromatic carbocycles. The van der Waals surface area contributed by atoms with E-state index in [1.807, 2.05) is 17.5 Å². The highest BCUT2D eigenvalue weighted by Crippen LogP contribution is 2.21. The van der Waals surface area contributed by atoms with Crippen molar-refractivity contribution in [2.24, 2.45) is 5.92 Å². The van der Waals surface area contributed by atoms with Gasteiger partial charge in [0, 0.05) is 19.4 Å². The SMILES string of the molecule is COc1ccccc1CC(CNC(=O)CCC(=O)c1cccs1)C(=O)O. The molecule has 6 nitrogen and oxygen atoms in total. The molecule has 1 aromatic heterocycles. The zero-order valence-electron chi connectivity index (χ0n) is 14.4. The number of carboxylic acid groups (broad SMARTS) is 1. The molecule has 0 fully saturated rings. The molecule has 0 aliphatic heterocycles. The summed E-state index contributed by atoms with van der Waals surface area (Å²) in [5.41, 5.74) is 0.768. The Labute approximate surface area is 155 Å². The number of nitrogens with one attached hydrogen (secondary N) is 1. The second kappa shape index (κ2) is 9.72. The number of benzene rings is 1. The number of hydrogen-bond acceptors (Lipinski definition) is 5. The van der Waals surface area contributed by atoms with E-state index in [4.69, 9.17) is 4.74 Å². The minimum absolute atomic E-state index is 0.000588. The second-order valence-electron chi connectivity index (χ2n) is 5.76. The maximum atomic E-state index is 11.9. The number of methoxy groups -OCH3 is 1. The van der Waals surface area contributed by atoms with Crippen LogP contribution in [-0.2, 0) is 16.0 Å². The molecule has 1 heterocycles. The van der Waals surface area contributed by atoms with Gasteiger partial charge in [-0.3, -0.25) is 14.4 Å². The normalized spacial score (nSPS) is 11.6. The van der Waals surface area contributed by atoms with Crippen LogP contribution in [0.4, 0.5) is 0 Å². The van der Waals surface area contributed by atoms with Gasteiger partial charge in [0.05, 0.1) is 17.9 Å². The van der Waals surface area contributed by atoms with Crippen molar-refractivity contribution in [2.75, 3.05) is 13.7 Å². The van der Waals surface area contributed by atoms with Crippen molar-refractivity contribution in [1.82, 2.24) is 5.32 Å². The summed E-state index contributed by atoms with van der Waals surface area (Å²) in [5, 5.41) is 13.8. The van der Waals surface area contributed by atoms with Gasteiger partial charge >= 0.3 is 5.97 Å². The molecule has 0 saturated carbocycles. The number of thiophene rings is 1. The summed E-state index contributed by atoms with van der Waals surface area (Å²) < 4.78 is 5.24. The third-order valence-corrected chi connectivity index (χ3v) is 4.84. The first-order chi connectivity index (χ1) is 12.5. The van der Waals surface area contributed by atoms with Crippen molar-refractivity contribution in [3.8, 4) is 5.75 Å². The second-order valence-corrected chi connectivity index (χ2v) is 6.70. The van der Waals surface area contributed by atoms with E-state index in [0.29, 0.717) is 10.6 Å². The van der Waals surface area contributed by atoms with Crippen LogP contribution in [0, 0.1) is 5.92 Å². The van der Waals surface area contributed by atoms with Crippen molar-refractivity contribution in [3.05, 3.63) is 52.2 Å². The predicted octanol–water partition coefficient (Wildman–Crippen LogP) is 2.78. The predicted molar refractivity (Wildman–Crippen MR) is 98.7 cm³/mol. The van der Waals surface area contributed by atoms with Gasteiger partial charge in [-0.05, 0) is 29.5 Å².